The number of rotatable bonds is 3. The van der Waals surface area contributed by atoms with Crippen LogP contribution in [0.25, 0.3) is 0 Å². The molecule has 6 heteroatoms. The van der Waals surface area contributed by atoms with Gasteiger partial charge in [0, 0.05) is 18.8 Å². The highest BCUT2D eigenvalue weighted by molar-refractivity contribution is 6.08. The van der Waals surface area contributed by atoms with E-state index >= 15 is 0 Å². The van der Waals surface area contributed by atoms with Crippen molar-refractivity contribution in [2.24, 2.45) is 0 Å². The van der Waals surface area contributed by atoms with Crippen molar-refractivity contribution >= 4 is 23.3 Å². The normalized spacial score (nSPS) is 15.6. The van der Waals surface area contributed by atoms with Crippen molar-refractivity contribution in [2.75, 3.05) is 17.0 Å². The van der Waals surface area contributed by atoms with Gasteiger partial charge in [-0.25, -0.2) is 0 Å². The quantitative estimate of drug-likeness (QED) is 0.755. The summed E-state index contributed by atoms with van der Waals surface area (Å²) in [5, 5.41) is 11.5. The lowest BCUT2D eigenvalue weighted by atomic mass is 10.0. The maximum absolute atomic E-state index is 13.6. The van der Waals surface area contributed by atoms with E-state index in [1.807, 2.05) is 78.4 Å². The minimum absolute atomic E-state index is 0.191. The molecule has 0 spiro atoms. The molecule has 28 heavy (non-hydrogen) atoms. The summed E-state index contributed by atoms with van der Waals surface area (Å²) in [4.78, 5) is 26.9. The Morgan fingerprint density at radius 2 is 1.64 bits per heavy atom. The largest absolute Gasteiger partial charge is 0.481 e. The highest BCUT2D eigenvalue weighted by Gasteiger charge is 2.36. The molecule has 4 rings (SSSR count). The van der Waals surface area contributed by atoms with Crippen LogP contribution in [0.4, 0.5) is 11.4 Å². The Morgan fingerprint density at radius 1 is 0.964 bits per heavy atom. The lowest BCUT2D eigenvalue weighted by molar-refractivity contribution is -0.137. The number of aryl methyl sites for hydroxylation is 1. The fourth-order valence-corrected chi connectivity index (χ4v) is 3.73. The van der Waals surface area contributed by atoms with Gasteiger partial charge in [-0.3, -0.25) is 24.2 Å². The van der Waals surface area contributed by atoms with Crippen molar-refractivity contribution in [3.63, 3.8) is 0 Å². The molecule has 6 nitrogen and oxygen atoms in total. The molecule has 142 valence electrons. The van der Waals surface area contributed by atoms with Gasteiger partial charge in [0.1, 0.15) is 0 Å². The van der Waals surface area contributed by atoms with Crippen LogP contribution in [0.5, 0.6) is 0 Å². The number of carbonyl (C=O) groups is 2. The number of fused-ring (bicyclic) bond motifs is 2. The molecule has 1 aliphatic rings. The first-order chi connectivity index (χ1) is 13.5. The van der Waals surface area contributed by atoms with E-state index in [9.17, 15) is 14.7 Å². The van der Waals surface area contributed by atoms with Gasteiger partial charge in [0.25, 0.3) is 5.91 Å². The lowest BCUT2D eigenvalue weighted by Gasteiger charge is -2.30. The Bertz CT molecular complexity index is 1040. The SMILES string of the molecule is Cc1ccc(C(=O)N2c3ccccc3N(C)n3cccc3C2CC(=O)O)cc1. The first-order valence-electron chi connectivity index (χ1n) is 9.09. The van der Waals surface area contributed by atoms with E-state index in [0.29, 0.717) is 11.3 Å². The third kappa shape index (κ3) is 2.93. The fourth-order valence-electron chi connectivity index (χ4n) is 3.73. The molecule has 0 bridgehead atoms. The van der Waals surface area contributed by atoms with Crippen molar-refractivity contribution in [3.8, 4) is 0 Å². The zero-order valence-corrected chi connectivity index (χ0v) is 15.7. The van der Waals surface area contributed by atoms with Gasteiger partial charge in [-0.15, -0.1) is 0 Å². The van der Waals surface area contributed by atoms with Crippen molar-refractivity contribution in [1.29, 1.82) is 0 Å². The van der Waals surface area contributed by atoms with E-state index in [-0.39, 0.29) is 12.3 Å². The average Bonchev–Trinajstić information content (AvgIpc) is 3.14. The summed E-state index contributed by atoms with van der Waals surface area (Å²) < 4.78 is 1.90. The van der Waals surface area contributed by atoms with Crippen LogP contribution in [0.3, 0.4) is 0 Å². The number of para-hydroxylation sites is 2. The van der Waals surface area contributed by atoms with Gasteiger partial charge in [-0.2, -0.15) is 0 Å². The summed E-state index contributed by atoms with van der Waals surface area (Å²) in [7, 11) is 1.90. The van der Waals surface area contributed by atoms with E-state index in [4.69, 9.17) is 0 Å². The highest BCUT2D eigenvalue weighted by Crippen LogP contribution is 2.41. The van der Waals surface area contributed by atoms with Gasteiger partial charge in [-0.05, 0) is 43.3 Å². The number of aromatic nitrogens is 1. The Labute approximate surface area is 163 Å². The van der Waals surface area contributed by atoms with Gasteiger partial charge in [0.05, 0.1) is 29.5 Å². The summed E-state index contributed by atoms with van der Waals surface area (Å²) >= 11 is 0. The predicted octanol–water partition coefficient (Wildman–Crippen LogP) is 3.87. The second kappa shape index (κ2) is 6.88. The minimum Gasteiger partial charge on any atom is -0.481 e. The van der Waals surface area contributed by atoms with Gasteiger partial charge in [-0.1, -0.05) is 29.8 Å². The van der Waals surface area contributed by atoms with Gasteiger partial charge in [0.2, 0.25) is 0 Å². The highest BCUT2D eigenvalue weighted by atomic mass is 16.4. The minimum atomic E-state index is -0.957. The van der Waals surface area contributed by atoms with Crippen molar-refractivity contribution in [2.45, 2.75) is 19.4 Å². The summed E-state index contributed by atoms with van der Waals surface area (Å²) in [6, 6.07) is 18.0. The van der Waals surface area contributed by atoms with Crippen LogP contribution >= 0.6 is 0 Å². The van der Waals surface area contributed by atoms with Crippen molar-refractivity contribution in [1.82, 2.24) is 4.68 Å². The smallest absolute Gasteiger partial charge is 0.305 e. The lowest BCUT2D eigenvalue weighted by Crippen LogP contribution is -2.36. The van der Waals surface area contributed by atoms with Crippen LogP contribution < -0.4 is 9.91 Å². The van der Waals surface area contributed by atoms with Crippen LogP contribution in [0.2, 0.25) is 0 Å². The fraction of sp³-hybridized carbons (Fsp3) is 0.182. The molecule has 1 N–H and O–H groups in total. The molecule has 1 atom stereocenters. The summed E-state index contributed by atoms with van der Waals surface area (Å²) in [5.74, 6) is -1.18. The van der Waals surface area contributed by atoms with Crippen LogP contribution in [0, 0.1) is 6.92 Å². The Balaban J connectivity index is 1.93. The summed E-state index contributed by atoms with van der Waals surface area (Å²) in [6.45, 7) is 1.96. The second-order valence-electron chi connectivity index (χ2n) is 6.94. The molecule has 0 saturated heterocycles. The maximum atomic E-state index is 13.6. The molecule has 1 aromatic heterocycles. The number of aliphatic carboxylic acids is 1. The summed E-state index contributed by atoms with van der Waals surface area (Å²) in [5.41, 5.74) is 3.85. The van der Waals surface area contributed by atoms with Crippen LogP contribution in [-0.4, -0.2) is 28.7 Å². The number of carboxylic acid groups (broad SMARTS) is 1. The second-order valence-corrected chi connectivity index (χ2v) is 6.94. The number of carbonyl (C=O) groups excluding carboxylic acids is 1. The topological polar surface area (TPSA) is 65.8 Å². The Hall–Kier alpha value is -3.54. The van der Waals surface area contributed by atoms with E-state index in [0.717, 1.165) is 16.9 Å². The first kappa shape index (κ1) is 17.9. The predicted molar refractivity (Wildman–Crippen MR) is 108 cm³/mol. The Morgan fingerprint density at radius 3 is 2.32 bits per heavy atom. The third-order valence-electron chi connectivity index (χ3n) is 5.11. The number of hydrogen-bond donors (Lipinski definition) is 1. The molecule has 1 amide bonds. The van der Waals surface area contributed by atoms with Crippen molar-refractivity contribution < 1.29 is 14.7 Å². The van der Waals surface area contributed by atoms with E-state index in [1.165, 1.54) is 0 Å². The molecule has 2 aromatic carbocycles. The van der Waals surface area contributed by atoms with Crippen molar-refractivity contribution in [3.05, 3.63) is 83.7 Å². The zero-order valence-electron chi connectivity index (χ0n) is 15.7. The monoisotopic (exact) mass is 375 g/mol. The standard InChI is InChI=1S/C22H21N3O3/c1-15-9-11-16(12-10-15)22(28)25-19-7-4-3-6-17(19)23(2)24-13-5-8-18(24)20(25)14-21(26)27/h3-13,20H,14H2,1-2H3,(H,26,27). The maximum Gasteiger partial charge on any atom is 0.305 e. The zero-order chi connectivity index (χ0) is 19.8. The molecule has 0 radical (unpaired) electrons. The number of carboxylic acids is 1. The Kier molecular flexibility index (Phi) is 4.39. The molecule has 0 aliphatic carbocycles. The first-order valence-corrected chi connectivity index (χ1v) is 9.09. The molecule has 1 unspecified atom stereocenters. The number of nitrogens with zero attached hydrogens (tertiary/aromatic N) is 3. The summed E-state index contributed by atoms with van der Waals surface area (Å²) in [6.07, 6.45) is 1.69. The molecule has 3 aromatic rings. The van der Waals surface area contributed by atoms with Crippen LogP contribution in [0.1, 0.15) is 34.1 Å². The van der Waals surface area contributed by atoms with Gasteiger partial charge in [0.15, 0.2) is 0 Å². The van der Waals surface area contributed by atoms with E-state index in [1.54, 1.807) is 17.0 Å². The molecule has 0 fully saturated rings. The molecule has 2 heterocycles. The molecular weight excluding hydrogens is 354 g/mol. The van der Waals surface area contributed by atoms with E-state index < -0.39 is 12.0 Å². The third-order valence-corrected chi connectivity index (χ3v) is 5.11. The average molecular weight is 375 g/mol. The molecular formula is C22H21N3O3. The number of benzene rings is 2. The van der Waals surface area contributed by atoms with Crippen LogP contribution in [0.15, 0.2) is 66.9 Å². The molecule has 1 aliphatic heterocycles. The van der Waals surface area contributed by atoms with Crippen LogP contribution in [-0.2, 0) is 4.79 Å². The number of amides is 1. The van der Waals surface area contributed by atoms with Gasteiger partial charge >= 0.3 is 5.97 Å². The van der Waals surface area contributed by atoms with E-state index in [2.05, 4.69) is 0 Å². The molecule has 0 saturated carbocycles. The number of anilines is 2. The van der Waals surface area contributed by atoms with Gasteiger partial charge < -0.3 is 5.11 Å². The number of hydrogen-bond acceptors (Lipinski definition) is 3.